The van der Waals surface area contributed by atoms with E-state index in [0.717, 1.165) is 6.20 Å². The van der Waals surface area contributed by atoms with Crippen molar-refractivity contribution in [2.24, 2.45) is 0 Å². The third-order valence-corrected chi connectivity index (χ3v) is 1.22. The lowest BCUT2D eigenvalue weighted by Gasteiger charge is -2.02. The highest BCUT2D eigenvalue weighted by molar-refractivity contribution is 5.63. The smallest absolute Gasteiger partial charge is 0.435 e. The number of rotatable bonds is 2. The molecule has 13 heavy (non-hydrogen) atoms. The Bertz CT molecular complexity index is 318. The molecule has 0 aromatic carbocycles. The van der Waals surface area contributed by atoms with Crippen LogP contribution < -0.4 is 5.11 Å². The molecular formula is C6H4F3N2O2-. The van der Waals surface area contributed by atoms with Crippen LogP contribution in [0.5, 0.6) is 0 Å². The summed E-state index contributed by atoms with van der Waals surface area (Å²) in [5.41, 5.74) is -1.12. The van der Waals surface area contributed by atoms with Crippen LogP contribution in [0.25, 0.3) is 0 Å². The number of halogens is 3. The summed E-state index contributed by atoms with van der Waals surface area (Å²) in [4.78, 5) is 9.97. The third kappa shape index (κ3) is 2.46. The quantitative estimate of drug-likeness (QED) is 0.645. The minimum absolute atomic E-state index is 0.651. The van der Waals surface area contributed by atoms with Crippen LogP contribution >= 0.6 is 0 Å². The largest absolute Gasteiger partial charge is 0.548 e. The fraction of sp³-hybridized carbons (Fsp3) is 0.333. The summed E-state index contributed by atoms with van der Waals surface area (Å²) in [5, 5.41) is 13.0. The van der Waals surface area contributed by atoms with Crippen molar-refractivity contribution in [3.8, 4) is 0 Å². The summed E-state index contributed by atoms with van der Waals surface area (Å²) in [7, 11) is 0. The van der Waals surface area contributed by atoms with Gasteiger partial charge in [-0.3, -0.25) is 4.68 Å². The molecule has 1 heterocycles. The molecule has 4 nitrogen and oxygen atoms in total. The van der Waals surface area contributed by atoms with E-state index in [0.29, 0.717) is 10.7 Å². The van der Waals surface area contributed by atoms with Gasteiger partial charge in [-0.2, -0.15) is 18.3 Å². The number of nitrogens with zero attached hydrogens (tertiary/aromatic N) is 2. The number of alkyl halides is 3. The summed E-state index contributed by atoms with van der Waals surface area (Å²) < 4.78 is 36.4. The first-order chi connectivity index (χ1) is 5.89. The van der Waals surface area contributed by atoms with Crippen LogP contribution in [0.4, 0.5) is 13.2 Å². The number of hydrogen-bond acceptors (Lipinski definition) is 3. The Morgan fingerprint density at radius 2 is 2.23 bits per heavy atom. The van der Waals surface area contributed by atoms with Gasteiger partial charge in [-0.05, 0) is 6.07 Å². The Morgan fingerprint density at radius 3 is 2.62 bits per heavy atom. The Labute approximate surface area is 70.6 Å². The minimum atomic E-state index is -4.54. The second kappa shape index (κ2) is 3.08. The Kier molecular flexibility index (Phi) is 2.26. The SMILES string of the molecule is O=C([O-])Cn1ccc(C(F)(F)F)n1. The van der Waals surface area contributed by atoms with Crippen molar-refractivity contribution in [1.29, 1.82) is 0 Å². The van der Waals surface area contributed by atoms with E-state index in [9.17, 15) is 23.1 Å². The topological polar surface area (TPSA) is 57.9 Å². The van der Waals surface area contributed by atoms with Crippen molar-refractivity contribution in [3.05, 3.63) is 18.0 Å². The zero-order valence-corrected chi connectivity index (χ0v) is 6.21. The number of aliphatic carboxylic acids is 1. The van der Waals surface area contributed by atoms with E-state index in [-0.39, 0.29) is 0 Å². The van der Waals surface area contributed by atoms with Gasteiger partial charge in [0.2, 0.25) is 0 Å². The molecule has 0 saturated carbocycles. The molecule has 1 aromatic rings. The number of aromatic nitrogens is 2. The molecule has 0 radical (unpaired) electrons. The predicted molar refractivity (Wildman–Crippen MR) is 32.2 cm³/mol. The molecule has 72 valence electrons. The van der Waals surface area contributed by atoms with Crippen molar-refractivity contribution in [2.75, 3.05) is 0 Å². The van der Waals surface area contributed by atoms with Crippen molar-refractivity contribution in [1.82, 2.24) is 9.78 Å². The van der Waals surface area contributed by atoms with E-state index < -0.39 is 24.4 Å². The molecule has 7 heteroatoms. The van der Waals surface area contributed by atoms with Gasteiger partial charge in [0, 0.05) is 6.20 Å². The van der Waals surface area contributed by atoms with Crippen molar-refractivity contribution < 1.29 is 23.1 Å². The molecule has 0 aliphatic carbocycles. The molecule has 0 aliphatic rings. The fourth-order valence-corrected chi connectivity index (χ4v) is 0.733. The number of carboxylic acid groups (broad SMARTS) is 1. The summed E-state index contributed by atoms with van der Waals surface area (Å²) in [6, 6.07) is 0.697. The zero-order valence-electron chi connectivity index (χ0n) is 6.21. The first-order valence-electron chi connectivity index (χ1n) is 3.20. The predicted octanol–water partition coefficient (Wildman–Crippen LogP) is -0.348. The van der Waals surface area contributed by atoms with E-state index in [1.807, 2.05) is 0 Å². The highest BCUT2D eigenvalue weighted by atomic mass is 19.4. The molecule has 0 aliphatic heterocycles. The fourth-order valence-electron chi connectivity index (χ4n) is 0.733. The van der Waals surface area contributed by atoms with Crippen molar-refractivity contribution in [3.63, 3.8) is 0 Å². The van der Waals surface area contributed by atoms with E-state index in [1.54, 1.807) is 0 Å². The molecular weight excluding hydrogens is 189 g/mol. The van der Waals surface area contributed by atoms with Gasteiger partial charge in [0.05, 0.1) is 12.5 Å². The van der Waals surface area contributed by atoms with Crippen LogP contribution in [0.3, 0.4) is 0 Å². The normalized spacial score (nSPS) is 11.6. The first kappa shape index (κ1) is 9.56. The van der Waals surface area contributed by atoms with E-state index in [4.69, 9.17) is 0 Å². The van der Waals surface area contributed by atoms with Crippen molar-refractivity contribution >= 4 is 5.97 Å². The van der Waals surface area contributed by atoms with Crippen LogP contribution in [0, 0.1) is 0 Å². The van der Waals surface area contributed by atoms with Gasteiger partial charge < -0.3 is 9.90 Å². The van der Waals surface area contributed by atoms with Gasteiger partial charge in [-0.1, -0.05) is 0 Å². The van der Waals surface area contributed by atoms with E-state index in [2.05, 4.69) is 5.10 Å². The average Bonchev–Trinajstić information content (AvgIpc) is 2.32. The lowest BCUT2D eigenvalue weighted by Crippen LogP contribution is -2.27. The molecule has 0 bridgehead atoms. The summed E-state index contributed by atoms with van der Waals surface area (Å²) in [5.74, 6) is -1.49. The molecule has 0 N–H and O–H groups in total. The summed E-state index contributed by atoms with van der Waals surface area (Å²) in [6.45, 7) is -0.684. The molecule has 0 atom stereocenters. The van der Waals surface area contributed by atoms with Gasteiger partial charge >= 0.3 is 6.18 Å². The second-order valence-corrected chi connectivity index (χ2v) is 2.27. The van der Waals surface area contributed by atoms with Crippen molar-refractivity contribution in [2.45, 2.75) is 12.7 Å². The van der Waals surface area contributed by atoms with Crippen LogP contribution in [0.1, 0.15) is 5.69 Å². The number of carboxylic acids is 1. The van der Waals surface area contributed by atoms with Crippen LogP contribution in [0.15, 0.2) is 12.3 Å². The number of carbonyl (C=O) groups is 1. The van der Waals surface area contributed by atoms with E-state index >= 15 is 0 Å². The zero-order chi connectivity index (χ0) is 10.1. The first-order valence-corrected chi connectivity index (χ1v) is 3.20. The lowest BCUT2D eigenvalue weighted by molar-refractivity contribution is -0.306. The van der Waals surface area contributed by atoms with Crippen LogP contribution in [-0.4, -0.2) is 15.7 Å². The molecule has 0 fully saturated rings. The molecule has 0 spiro atoms. The van der Waals surface area contributed by atoms with Gasteiger partial charge in [0.1, 0.15) is 0 Å². The monoisotopic (exact) mass is 193 g/mol. The molecule has 1 rings (SSSR count). The highest BCUT2D eigenvalue weighted by Gasteiger charge is 2.33. The minimum Gasteiger partial charge on any atom is -0.548 e. The number of carbonyl (C=O) groups excluding carboxylic acids is 1. The standard InChI is InChI=1S/C6H5F3N2O2/c7-6(8,9)4-1-2-11(10-4)3-5(12)13/h1-2H,3H2,(H,12,13)/p-1. The van der Waals surface area contributed by atoms with E-state index in [1.165, 1.54) is 0 Å². The molecule has 0 amide bonds. The van der Waals surface area contributed by atoms with Gasteiger partial charge in [-0.15, -0.1) is 0 Å². The Hall–Kier alpha value is -1.53. The van der Waals surface area contributed by atoms with Gasteiger partial charge in [-0.25, -0.2) is 0 Å². The van der Waals surface area contributed by atoms with Gasteiger partial charge in [0.15, 0.2) is 5.69 Å². The molecule has 0 unspecified atom stereocenters. The maximum Gasteiger partial charge on any atom is 0.435 e. The highest BCUT2D eigenvalue weighted by Crippen LogP contribution is 2.26. The average molecular weight is 193 g/mol. The Balaban J connectivity index is 2.81. The summed E-state index contributed by atoms with van der Waals surface area (Å²) >= 11 is 0. The molecule has 1 aromatic heterocycles. The van der Waals surface area contributed by atoms with Crippen LogP contribution in [-0.2, 0) is 17.5 Å². The summed E-state index contributed by atoms with van der Waals surface area (Å²) in [6.07, 6.45) is -3.62. The third-order valence-electron chi connectivity index (χ3n) is 1.22. The number of hydrogen-bond donors (Lipinski definition) is 0. The maximum absolute atomic E-state index is 11.9. The lowest BCUT2D eigenvalue weighted by atomic mass is 10.4. The molecule has 0 saturated heterocycles. The maximum atomic E-state index is 11.9. The second-order valence-electron chi connectivity index (χ2n) is 2.27. The van der Waals surface area contributed by atoms with Gasteiger partial charge in [0.25, 0.3) is 0 Å². The van der Waals surface area contributed by atoms with Crippen LogP contribution in [0.2, 0.25) is 0 Å². The Morgan fingerprint density at radius 1 is 1.62 bits per heavy atom.